The summed E-state index contributed by atoms with van der Waals surface area (Å²) in [5, 5.41) is 0.701. The molecular formula is C21H17FN4O2. The lowest BCUT2D eigenvalue weighted by Crippen LogP contribution is -1.99. The van der Waals surface area contributed by atoms with Crippen molar-refractivity contribution >= 4 is 22.4 Å². The van der Waals surface area contributed by atoms with E-state index in [0.717, 1.165) is 0 Å². The monoisotopic (exact) mass is 376 g/mol. The number of methoxy groups -OCH3 is 1. The molecule has 0 atom stereocenters. The molecule has 0 aliphatic heterocycles. The van der Waals surface area contributed by atoms with E-state index in [1.807, 2.05) is 0 Å². The summed E-state index contributed by atoms with van der Waals surface area (Å²) in [4.78, 5) is 8.95. The minimum absolute atomic E-state index is 0.331. The summed E-state index contributed by atoms with van der Waals surface area (Å²) in [5.41, 5.74) is 13.9. The minimum atomic E-state index is -0.331. The number of hydrogen-bond acceptors (Lipinski definition) is 6. The second-order valence-corrected chi connectivity index (χ2v) is 6.13. The number of ether oxygens (including phenoxy) is 2. The number of nitrogens with zero attached hydrogens (tertiary/aromatic N) is 2. The predicted molar refractivity (Wildman–Crippen MR) is 107 cm³/mol. The van der Waals surface area contributed by atoms with Gasteiger partial charge in [-0.15, -0.1) is 0 Å². The van der Waals surface area contributed by atoms with Gasteiger partial charge >= 0.3 is 0 Å². The Bertz CT molecular complexity index is 1160. The fourth-order valence-corrected chi connectivity index (χ4v) is 2.82. The number of aromatic nitrogens is 2. The van der Waals surface area contributed by atoms with Gasteiger partial charge in [-0.25, -0.2) is 14.4 Å². The molecule has 0 saturated heterocycles. The first-order valence-electron chi connectivity index (χ1n) is 8.48. The molecule has 0 aliphatic rings. The molecule has 4 rings (SSSR count). The van der Waals surface area contributed by atoms with E-state index in [4.69, 9.17) is 20.9 Å². The fraction of sp³-hybridized carbons (Fsp3) is 0.0476. The molecular weight excluding hydrogens is 359 g/mol. The first-order chi connectivity index (χ1) is 13.5. The Kier molecular flexibility index (Phi) is 4.41. The van der Waals surface area contributed by atoms with E-state index >= 15 is 0 Å². The maximum atomic E-state index is 13.1. The third kappa shape index (κ3) is 3.37. The molecule has 0 amide bonds. The smallest absolute Gasteiger partial charge is 0.169 e. The van der Waals surface area contributed by atoms with Crippen LogP contribution >= 0.6 is 0 Å². The molecule has 0 unspecified atom stereocenters. The lowest BCUT2D eigenvalue weighted by molar-refractivity contribution is 0.379. The molecule has 0 fully saturated rings. The van der Waals surface area contributed by atoms with Gasteiger partial charge in [0.2, 0.25) is 0 Å². The van der Waals surface area contributed by atoms with Crippen molar-refractivity contribution in [1.29, 1.82) is 0 Å². The maximum Gasteiger partial charge on any atom is 0.169 e. The first-order valence-corrected chi connectivity index (χ1v) is 8.48. The van der Waals surface area contributed by atoms with Crippen LogP contribution in [0.25, 0.3) is 22.3 Å². The van der Waals surface area contributed by atoms with Gasteiger partial charge in [-0.3, -0.25) is 0 Å². The average molecular weight is 376 g/mol. The van der Waals surface area contributed by atoms with Crippen molar-refractivity contribution in [3.63, 3.8) is 0 Å². The Morgan fingerprint density at radius 2 is 1.64 bits per heavy atom. The van der Waals surface area contributed by atoms with E-state index in [1.165, 1.54) is 19.2 Å². The van der Waals surface area contributed by atoms with Gasteiger partial charge in [-0.2, -0.15) is 0 Å². The number of hydrogen-bond donors (Lipinski definition) is 2. The van der Waals surface area contributed by atoms with E-state index < -0.39 is 0 Å². The highest BCUT2D eigenvalue weighted by molar-refractivity contribution is 5.91. The summed E-state index contributed by atoms with van der Waals surface area (Å²) in [6, 6.07) is 16.4. The van der Waals surface area contributed by atoms with Crippen LogP contribution in [0.2, 0.25) is 0 Å². The van der Waals surface area contributed by atoms with E-state index in [2.05, 4.69) is 9.97 Å². The van der Waals surface area contributed by atoms with E-state index in [0.29, 0.717) is 51.0 Å². The third-order valence-corrected chi connectivity index (χ3v) is 4.21. The molecule has 28 heavy (non-hydrogen) atoms. The van der Waals surface area contributed by atoms with Gasteiger partial charge in [0, 0.05) is 16.6 Å². The van der Waals surface area contributed by atoms with Gasteiger partial charge in [-0.1, -0.05) is 0 Å². The SMILES string of the molecule is COc1cc(-c2nc(N)c3cc(N)ccc3n2)ccc1Oc1ccc(F)cc1. The molecule has 0 spiro atoms. The van der Waals surface area contributed by atoms with Crippen LogP contribution in [-0.2, 0) is 0 Å². The van der Waals surface area contributed by atoms with Gasteiger partial charge < -0.3 is 20.9 Å². The van der Waals surface area contributed by atoms with Crippen LogP contribution in [0.1, 0.15) is 0 Å². The van der Waals surface area contributed by atoms with Crippen molar-refractivity contribution in [2.24, 2.45) is 0 Å². The molecule has 4 aromatic rings. The molecule has 1 heterocycles. The number of benzene rings is 3. The summed E-state index contributed by atoms with van der Waals surface area (Å²) in [7, 11) is 1.54. The zero-order chi connectivity index (χ0) is 19.7. The molecule has 0 aliphatic carbocycles. The van der Waals surface area contributed by atoms with Crippen molar-refractivity contribution in [3.8, 4) is 28.6 Å². The second-order valence-electron chi connectivity index (χ2n) is 6.13. The highest BCUT2D eigenvalue weighted by atomic mass is 19.1. The zero-order valence-electron chi connectivity index (χ0n) is 15.0. The highest BCUT2D eigenvalue weighted by Gasteiger charge is 2.12. The third-order valence-electron chi connectivity index (χ3n) is 4.21. The molecule has 6 nitrogen and oxygen atoms in total. The van der Waals surface area contributed by atoms with E-state index in [9.17, 15) is 4.39 Å². The van der Waals surface area contributed by atoms with Gasteiger partial charge in [0.25, 0.3) is 0 Å². The van der Waals surface area contributed by atoms with Crippen LogP contribution in [0.3, 0.4) is 0 Å². The number of fused-ring (bicyclic) bond motifs is 1. The van der Waals surface area contributed by atoms with Crippen LogP contribution in [-0.4, -0.2) is 17.1 Å². The quantitative estimate of drug-likeness (QED) is 0.513. The van der Waals surface area contributed by atoms with Crippen molar-refractivity contribution in [3.05, 3.63) is 66.5 Å². The van der Waals surface area contributed by atoms with Gasteiger partial charge in [0.1, 0.15) is 17.4 Å². The summed E-state index contributed by atoms with van der Waals surface area (Å²) in [6.45, 7) is 0. The number of anilines is 2. The van der Waals surface area contributed by atoms with Crippen molar-refractivity contribution in [2.45, 2.75) is 0 Å². The maximum absolute atomic E-state index is 13.1. The molecule has 0 saturated carbocycles. The number of rotatable bonds is 4. The standard InChI is InChI=1S/C21H17FN4O2/c1-27-19-10-12(2-9-18(19)28-15-6-3-13(22)4-7-15)21-25-17-8-5-14(23)11-16(17)20(24)26-21/h2-11H,23H2,1H3,(H2,24,25,26). The van der Waals surface area contributed by atoms with Crippen LogP contribution < -0.4 is 20.9 Å². The molecule has 7 heteroatoms. The minimum Gasteiger partial charge on any atom is -0.493 e. The Morgan fingerprint density at radius 1 is 0.857 bits per heavy atom. The van der Waals surface area contributed by atoms with Gasteiger partial charge in [0.05, 0.1) is 12.6 Å². The van der Waals surface area contributed by atoms with Gasteiger partial charge in [-0.05, 0) is 60.7 Å². The lowest BCUT2D eigenvalue weighted by Gasteiger charge is -2.12. The molecule has 0 radical (unpaired) electrons. The fourth-order valence-electron chi connectivity index (χ4n) is 2.82. The van der Waals surface area contributed by atoms with Crippen LogP contribution in [0.5, 0.6) is 17.2 Å². The average Bonchev–Trinajstić information content (AvgIpc) is 2.70. The Hall–Kier alpha value is -3.87. The lowest BCUT2D eigenvalue weighted by atomic mass is 10.1. The first kappa shape index (κ1) is 17.5. The van der Waals surface area contributed by atoms with Gasteiger partial charge in [0.15, 0.2) is 17.3 Å². The summed E-state index contributed by atoms with van der Waals surface area (Å²) in [6.07, 6.45) is 0. The van der Waals surface area contributed by atoms with Crippen molar-refractivity contribution in [1.82, 2.24) is 9.97 Å². The molecule has 1 aromatic heterocycles. The van der Waals surface area contributed by atoms with E-state index in [-0.39, 0.29) is 5.82 Å². The number of nitrogens with two attached hydrogens (primary N) is 2. The van der Waals surface area contributed by atoms with Crippen LogP contribution in [0.15, 0.2) is 60.7 Å². The Labute approximate surface area is 160 Å². The zero-order valence-corrected chi connectivity index (χ0v) is 15.0. The van der Waals surface area contributed by atoms with Crippen molar-refractivity contribution < 1.29 is 13.9 Å². The second kappa shape index (κ2) is 7.03. The summed E-state index contributed by atoms with van der Waals surface area (Å²) >= 11 is 0. The van der Waals surface area contributed by atoms with Crippen LogP contribution in [0, 0.1) is 5.82 Å². The molecule has 3 aromatic carbocycles. The molecule has 4 N–H and O–H groups in total. The van der Waals surface area contributed by atoms with Crippen LogP contribution in [0.4, 0.5) is 15.9 Å². The highest BCUT2D eigenvalue weighted by Crippen LogP contribution is 2.35. The largest absolute Gasteiger partial charge is 0.493 e. The number of nitrogen functional groups attached to an aromatic ring is 2. The molecule has 140 valence electrons. The number of halogens is 1. The Balaban J connectivity index is 1.72. The van der Waals surface area contributed by atoms with E-state index in [1.54, 1.807) is 48.5 Å². The summed E-state index contributed by atoms with van der Waals surface area (Å²) in [5.74, 6) is 1.94. The predicted octanol–water partition coefficient (Wildman–Crippen LogP) is 4.40. The Morgan fingerprint density at radius 3 is 2.39 bits per heavy atom. The molecule has 0 bridgehead atoms. The topological polar surface area (TPSA) is 96.3 Å². The summed E-state index contributed by atoms with van der Waals surface area (Å²) < 4.78 is 24.3. The van der Waals surface area contributed by atoms with Crippen molar-refractivity contribution in [2.75, 3.05) is 18.6 Å². The normalized spacial score (nSPS) is 10.8.